The minimum atomic E-state index is 0.546. The van der Waals surface area contributed by atoms with Gasteiger partial charge >= 0.3 is 0 Å². The summed E-state index contributed by atoms with van der Waals surface area (Å²) in [6, 6.07) is 0.546. The zero-order valence-corrected chi connectivity index (χ0v) is 12.1. The Balaban J connectivity index is 4.34. The first-order valence-electron chi connectivity index (χ1n) is 6.69. The van der Waals surface area contributed by atoms with Gasteiger partial charge < -0.3 is 5.32 Å². The fourth-order valence-electron chi connectivity index (χ4n) is 1.98. The quantitative estimate of drug-likeness (QED) is 0.589. The molecule has 0 fully saturated rings. The van der Waals surface area contributed by atoms with Gasteiger partial charge in [0.05, 0.1) is 0 Å². The molecule has 0 spiro atoms. The highest BCUT2D eigenvalue weighted by molar-refractivity contribution is 4.87. The van der Waals surface area contributed by atoms with E-state index in [1.807, 2.05) is 12.2 Å². The number of rotatable bonds is 10. The summed E-state index contributed by atoms with van der Waals surface area (Å²) in [7, 11) is 0. The van der Waals surface area contributed by atoms with Crippen molar-refractivity contribution in [3.8, 4) is 0 Å². The molecule has 0 aliphatic rings. The lowest BCUT2D eigenvalue weighted by Gasteiger charge is -2.33. The summed E-state index contributed by atoms with van der Waals surface area (Å²) in [5.41, 5.74) is 0. The van der Waals surface area contributed by atoms with Crippen molar-refractivity contribution < 1.29 is 0 Å². The molecule has 0 aromatic heterocycles. The van der Waals surface area contributed by atoms with Crippen molar-refractivity contribution in [3.05, 3.63) is 25.3 Å². The molecular formula is C15H30N2. The molecule has 2 heteroatoms. The van der Waals surface area contributed by atoms with E-state index in [9.17, 15) is 0 Å². The van der Waals surface area contributed by atoms with E-state index < -0.39 is 0 Å². The van der Waals surface area contributed by atoms with Gasteiger partial charge in [-0.15, -0.1) is 13.2 Å². The minimum absolute atomic E-state index is 0.546. The van der Waals surface area contributed by atoms with Crippen LogP contribution in [0.25, 0.3) is 0 Å². The molecule has 0 amide bonds. The summed E-state index contributed by atoms with van der Waals surface area (Å²) in [4.78, 5) is 2.43. The lowest BCUT2D eigenvalue weighted by atomic mass is 10.0. The van der Waals surface area contributed by atoms with Crippen molar-refractivity contribution in [2.75, 3.05) is 26.2 Å². The molecule has 100 valence electrons. The van der Waals surface area contributed by atoms with E-state index in [2.05, 4.69) is 51.1 Å². The maximum Gasteiger partial charge on any atom is 0.0250 e. The summed E-state index contributed by atoms with van der Waals surface area (Å²) in [5, 5.41) is 3.55. The largest absolute Gasteiger partial charge is 0.315 e. The SMILES string of the molecule is C=CCN(CC=C)C(CNCC(C)C)C(C)C. The molecule has 2 nitrogen and oxygen atoms in total. The molecule has 0 aromatic carbocycles. The van der Waals surface area contributed by atoms with Crippen LogP contribution in [-0.2, 0) is 0 Å². The van der Waals surface area contributed by atoms with Crippen molar-refractivity contribution >= 4 is 0 Å². The Kier molecular flexibility index (Phi) is 9.10. The van der Waals surface area contributed by atoms with E-state index in [1.165, 1.54) is 0 Å². The second kappa shape index (κ2) is 9.43. The predicted molar refractivity (Wildman–Crippen MR) is 78.3 cm³/mol. The molecule has 0 radical (unpaired) electrons. The summed E-state index contributed by atoms with van der Waals surface area (Å²) in [6.45, 7) is 20.7. The molecule has 0 saturated carbocycles. The fraction of sp³-hybridized carbons (Fsp3) is 0.733. The maximum absolute atomic E-state index is 3.84. The molecule has 0 saturated heterocycles. The van der Waals surface area contributed by atoms with Crippen LogP contribution < -0.4 is 5.32 Å². The van der Waals surface area contributed by atoms with Crippen molar-refractivity contribution in [2.45, 2.75) is 33.7 Å². The van der Waals surface area contributed by atoms with E-state index in [0.717, 1.165) is 26.2 Å². The number of nitrogens with zero attached hydrogens (tertiary/aromatic N) is 1. The van der Waals surface area contributed by atoms with Gasteiger partial charge in [0.15, 0.2) is 0 Å². The normalized spacial score (nSPS) is 13.4. The van der Waals surface area contributed by atoms with Gasteiger partial charge in [-0.05, 0) is 18.4 Å². The topological polar surface area (TPSA) is 15.3 Å². The van der Waals surface area contributed by atoms with E-state index >= 15 is 0 Å². The second-order valence-electron chi connectivity index (χ2n) is 5.39. The first-order valence-corrected chi connectivity index (χ1v) is 6.69. The van der Waals surface area contributed by atoms with Crippen LogP contribution >= 0.6 is 0 Å². The Labute approximate surface area is 108 Å². The Morgan fingerprint density at radius 2 is 1.53 bits per heavy atom. The van der Waals surface area contributed by atoms with E-state index in [0.29, 0.717) is 17.9 Å². The van der Waals surface area contributed by atoms with Gasteiger partial charge in [0.1, 0.15) is 0 Å². The van der Waals surface area contributed by atoms with Crippen LogP contribution in [0.3, 0.4) is 0 Å². The van der Waals surface area contributed by atoms with Crippen molar-refractivity contribution in [3.63, 3.8) is 0 Å². The molecular weight excluding hydrogens is 208 g/mol. The average Bonchev–Trinajstić information content (AvgIpc) is 2.23. The summed E-state index contributed by atoms with van der Waals surface area (Å²) in [6.07, 6.45) is 3.95. The van der Waals surface area contributed by atoms with Crippen LogP contribution in [0.5, 0.6) is 0 Å². The predicted octanol–water partition coefficient (Wildman–Crippen LogP) is 2.93. The zero-order chi connectivity index (χ0) is 13.3. The Hall–Kier alpha value is -0.600. The van der Waals surface area contributed by atoms with Crippen LogP contribution in [0, 0.1) is 11.8 Å². The van der Waals surface area contributed by atoms with Gasteiger partial charge in [0.25, 0.3) is 0 Å². The summed E-state index contributed by atoms with van der Waals surface area (Å²) in [5.74, 6) is 1.34. The van der Waals surface area contributed by atoms with Crippen molar-refractivity contribution in [1.29, 1.82) is 0 Å². The second-order valence-corrected chi connectivity index (χ2v) is 5.39. The van der Waals surface area contributed by atoms with Gasteiger partial charge in [-0.1, -0.05) is 39.8 Å². The molecule has 0 heterocycles. The first-order chi connectivity index (χ1) is 8.02. The van der Waals surface area contributed by atoms with Gasteiger partial charge in [-0.2, -0.15) is 0 Å². The third-order valence-electron chi connectivity index (χ3n) is 2.87. The number of hydrogen-bond acceptors (Lipinski definition) is 2. The Morgan fingerprint density at radius 3 is 1.88 bits per heavy atom. The molecule has 1 atom stereocenters. The lowest BCUT2D eigenvalue weighted by Crippen LogP contribution is -2.46. The highest BCUT2D eigenvalue weighted by Gasteiger charge is 2.19. The molecule has 0 bridgehead atoms. The Bertz CT molecular complexity index is 199. The number of nitrogens with one attached hydrogen (secondary N) is 1. The molecule has 1 unspecified atom stereocenters. The fourth-order valence-corrected chi connectivity index (χ4v) is 1.98. The highest BCUT2D eigenvalue weighted by atomic mass is 15.2. The van der Waals surface area contributed by atoms with Gasteiger partial charge in [0, 0.05) is 25.7 Å². The van der Waals surface area contributed by atoms with Crippen LogP contribution in [0.4, 0.5) is 0 Å². The zero-order valence-electron chi connectivity index (χ0n) is 12.1. The lowest BCUT2D eigenvalue weighted by molar-refractivity contribution is 0.183. The smallest absolute Gasteiger partial charge is 0.0250 e. The van der Waals surface area contributed by atoms with Crippen LogP contribution in [0.15, 0.2) is 25.3 Å². The molecule has 0 rings (SSSR count). The van der Waals surface area contributed by atoms with E-state index in [1.54, 1.807) is 0 Å². The highest BCUT2D eigenvalue weighted by Crippen LogP contribution is 2.10. The third-order valence-corrected chi connectivity index (χ3v) is 2.87. The van der Waals surface area contributed by atoms with Gasteiger partial charge in [-0.3, -0.25) is 4.90 Å². The molecule has 0 aliphatic carbocycles. The standard InChI is InChI=1S/C15H30N2/c1-7-9-17(10-8-2)15(14(5)6)12-16-11-13(3)4/h7-8,13-16H,1-2,9-12H2,3-6H3. The van der Waals surface area contributed by atoms with E-state index in [-0.39, 0.29) is 0 Å². The molecule has 0 aliphatic heterocycles. The molecule has 1 N–H and O–H groups in total. The van der Waals surface area contributed by atoms with Gasteiger partial charge in [0.2, 0.25) is 0 Å². The average molecular weight is 238 g/mol. The number of hydrogen-bond donors (Lipinski definition) is 1. The monoisotopic (exact) mass is 238 g/mol. The first kappa shape index (κ1) is 16.4. The summed E-state index contributed by atoms with van der Waals surface area (Å²) >= 11 is 0. The van der Waals surface area contributed by atoms with Crippen LogP contribution in [0.2, 0.25) is 0 Å². The summed E-state index contributed by atoms with van der Waals surface area (Å²) < 4.78 is 0. The van der Waals surface area contributed by atoms with Crippen molar-refractivity contribution in [2.24, 2.45) is 11.8 Å². The van der Waals surface area contributed by atoms with Crippen LogP contribution in [-0.4, -0.2) is 37.1 Å². The third kappa shape index (κ3) is 7.35. The minimum Gasteiger partial charge on any atom is -0.315 e. The van der Waals surface area contributed by atoms with Crippen molar-refractivity contribution in [1.82, 2.24) is 10.2 Å². The van der Waals surface area contributed by atoms with Gasteiger partial charge in [-0.25, -0.2) is 0 Å². The molecule has 0 aromatic rings. The maximum atomic E-state index is 3.84. The van der Waals surface area contributed by atoms with Crippen LogP contribution in [0.1, 0.15) is 27.7 Å². The molecule has 17 heavy (non-hydrogen) atoms. The van der Waals surface area contributed by atoms with E-state index in [4.69, 9.17) is 0 Å². The Morgan fingerprint density at radius 1 is 1.00 bits per heavy atom.